The van der Waals surface area contributed by atoms with E-state index in [9.17, 15) is 14.7 Å². The van der Waals surface area contributed by atoms with Crippen LogP contribution in [-0.2, 0) is 9.53 Å². The van der Waals surface area contributed by atoms with Crippen molar-refractivity contribution in [1.29, 1.82) is 0 Å². The predicted octanol–water partition coefficient (Wildman–Crippen LogP) is 1.75. The van der Waals surface area contributed by atoms with E-state index in [2.05, 4.69) is 10.1 Å². The van der Waals surface area contributed by atoms with Crippen LogP contribution in [0.15, 0.2) is 47.8 Å². The Labute approximate surface area is 126 Å². The molecule has 5 nitrogen and oxygen atoms in total. The number of carbonyl (C=O) groups excluding carboxylic acids is 2. The summed E-state index contributed by atoms with van der Waals surface area (Å²) in [5, 5.41) is 14.6. The highest BCUT2D eigenvalue weighted by atomic mass is 32.1. The molecule has 0 aliphatic heterocycles. The van der Waals surface area contributed by atoms with Crippen molar-refractivity contribution >= 4 is 23.2 Å². The van der Waals surface area contributed by atoms with Crippen LogP contribution in [0, 0.1) is 0 Å². The van der Waals surface area contributed by atoms with Crippen molar-refractivity contribution < 1.29 is 19.4 Å². The van der Waals surface area contributed by atoms with Crippen molar-refractivity contribution in [2.24, 2.45) is 0 Å². The van der Waals surface area contributed by atoms with E-state index < -0.39 is 24.0 Å². The van der Waals surface area contributed by atoms with Crippen molar-refractivity contribution in [3.63, 3.8) is 0 Å². The van der Waals surface area contributed by atoms with Gasteiger partial charge in [-0.2, -0.15) is 0 Å². The second-order valence-electron chi connectivity index (χ2n) is 4.30. The van der Waals surface area contributed by atoms with Crippen molar-refractivity contribution in [2.45, 2.75) is 12.1 Å². The highest BCUT2D eigenvalue weighted by molar-refractivity contribution is 7.10. The van der Waals surface area contributed by atoms with Gasteiger partial charge in [0.2, 0.25) is 0 Å². The standard InChI is InChI=1S/C15H15NO4S/c1-20-15(19)12(13(17)11-8-5-9-21-11)16-14(18)10-6-3-2-4-7-10/h2-9,12-13,17H,1H3,(H,16,18)/t12-,13+/m1/s1. The summed E-state index contributed by atoms with van der Waals surface area (Å²) >= 11 is 1.30. The molecule has 0 unspecified atom stereocenters. The first kappa shape index (κ1) is 15.2. The number of nitrogens with one attached hydrogen (secondary N) is 1. The van der Waals surface area contributed by atoms with Gasteiger partial charge in [0, 0.05) is 10.4 Å². The first-order chi connectivity index (χ1) is 10.1. The number of benzene rings is 1. The zero-order valence-corrected chi connectivity index (χ0v) is 12.2. The molecule has 1 aromatic carbocycles. The lowest BCUT2D eigenvalue weighted by Crippen LogP contribution is -2.45. The molecule has 0 radical (unpaired) electrons. The van der Waals surface area contributed by atoms with Crippen LogP contribution in [0.25, 0.3) is 0 Å². The molecule has 0 saturated carbocycles. The monoisotopic (exact) mass is 305 g/mol. The molecule has 2 rings (SSSR count). The maximum Gasteiger partial charge on any atom is 0.331 e. The molecule has 0 bridgehead atoms. The fourth-order valence-electron chi connectivity index (χ4n) is 1.83. The molecule has 0 aliphatic carbocycles. The Bertz CT molecular complexity index is 597. The Hall–Kier alpha value is -2.18. The molecule has 2 aromatic rings. The molecule has 21 heavy (non-hydrogen) atoms. The van der Waals surface area contributed by atoms with E-state index in [0.29, 0.717) is 10.4 Å². The van der Waals surface area contributed by atoms with Gasteiger partial charge in [-0.3, -0.25) is 4.79 Å². The SMILES string of the molecule is COC(=O)[C@H](NC(=O)c1ccccc1)[C@@H](O)c1cccs1. The smallest absolute Gasteiger partial charge is 0.331 e. The van der Waals surface area contributed by atoms with E-state index in [4.69, 9.17) is 0 Å². The van der Waals surface area contributed by atoms with Crippen LogP contribution in [0.5, 0.6) is 0 Å². The van der Waals surface area contributed by atoms with Gasteiger partial charge in [-0.15, -0.1) is 11.3 Å². The minimum atomic E-state index is -1.15. The number of ether oxygens (including phenoxy) is 1. The summed E-state index contributed by atoms with van der Waals surface area (Å²) in [4.78, 5) is 24.5. The Morgan fingerprint density at radius 2 is 1.90 bits per heavy atom. The van der Waals surface area contributed by atoms with E-state index in [1.807, 2.05) is 0 Å². The summed E-state index contributed by atoms with van der Waals surface area (Å²) in [6.07, 6.45) is -1.15. The Balaban J connectivity index is 2.17. The number of aliphatic hydroxyl groups excluding tert-OH is 1. The number of thiophene rings is 1. The zero-order valence-electron chi connectivity index (χ0n) is 11.4. The van der Waals surface area contributed by atoms with Crippen LogP contribution in [0.4, 0.5) is 0 Å². The number of aliphatic hydroxyl groups is 1. The molecule has 0 fully saturated rings. The molecule has 1 heterocycles. The van der Waals surface area contributed by atoms with Crippen molar-refractivity contribution in [3.05, 3.63) is 58.3 Å². The molecular weight excluding hydrogens is 290 g/mol. The molecule has 110 valence electrons. The Morgan fingerprint density at radius 1 is 1.19 bits per heavy atom. The second-order valence-corrected chi connectivity index (χ2v) is 5.28. The van der Waals surface area contributed by atoms with Gasteiger partial charge in [0.1, 0.15) is 6.10 Å². The predicted molar refractivity (Wildman–Crippen MR) is 79.0 cm³/mol. The molecule has 2 N–H and O–H groups in total. The summed E-state index contributed by atoms with van der Waals surface area (Å²) in [5.74, 6) is -1.14. The fraction of sp³-hybridized carbons (Fsp3) is 0.200. The van der Waals surface area contributed by atoms with E-state index in [0.717, 1.165) is 0 Å². The van der Waals surface area contributed by atoms with Gasteiger partial charge in [0.25, 0.3) is 5.91 Å². The molecule has 0 aliphatic rings. The quantitative estimate of drug-likeness (QED) is 0.825. The average molecular weight is 305 g/mol. The highest BCUT2D eigenvalue weighted by Crippen LogP contribution is 2.22. The molecule has 6 heteroatoms. The topological polar surface area (TPSA) is 75.6 Å². The molecule has 2 atom stereocenters. The number of amides is 1. The van der Waals surface area contributed by atoms with Crippen LogP contribution >= 0.6 is 11.3 Å². The summed E-state index contributed by atoms with van der Waals surface area (Å²) in [5.41, 5.74) is 0.407. The lowest BCUT2D eigenvalue weighted by molar-refractivity contribution is -0.145. The van der Waals surface area contributed by atoms with Crippen LogP contribution in [-0.4, -0.2) is 30.1 Å². The molecule has 1 aromatic heterocycles. The van der Waals surface area contributed by atoms with Crippen LogP contribution in [0.3, 0.4) is 0 Å². The lowest BCUT2D eigenvalue weighted by atomic mass is 10.1. The van der Waals surface area contributed by atoms with Gasteiger partial charge < -0.3 is 15.2 Å². The van der Waals surface area contributed by atoms with Crippen molar-refractivity contribution in [3.8, 4) is 0 Å². The third kappa shape index (κ3) is 3.68. The number of carbonyl (C=O) groups is 2. The maximum absolute atomic E-state index is 12.1. The summed E-state index contributed by atoms with van der Waals surface area (Å²) in [6.45, 7) is 0. The van der Waals surface area contributed by atoms with Gasteiger partial charge in [-0.1, -0.05) is 24.3 Å². The zero-order chi connectivity index (χ0) is 15.2. The van der Waals surface area contributed by atoms with Crippen molar-refractivity contribution in [1.82, 2.24) is 5.32 Å². The highest BCUT2D eigenvalue weighted by Gasteiger charge is 2.31. The second kappa shape index (κ2) is 7.01. The number of hydrogen-bond donors (Lipinski definition) is 2. The number of hydrogen-bond acceptors (Lipinski definition) is 5. The number of methoxy groups -OCH3 is 1. The van der Waals surface area contributed by atoms with Crippen molar-refractivity contribution in [2.75, 3.05) is 7.11 Å². The van der Waals surface area contributed by atoms with E-state index in [1.54, 1.807) is 47.8 Å². The van der Waals surface area contributed by atoms with Crippen LogP contribution < -0.4 is 5.32 Å². The Kier molecular flexibility index (Phi) is 5.08. The largest absolute Gasteiger partial charge is 0.467 e. The van der Waals surface area contributed by atoms with Gasteiger partial charge >= 0.3 is 5.97 Å². The first-order valence-corrected chi connectivity index (χ1v) is 7.16. The van der Waals surface area contributed by atoms with E-state index in [-0.39, 0.29) is 0 Å². The fourth-order valence-corrected chi connectivity index (χ4v) is 2.58. The number of esters is 1. The minimum absolute atomic E-state index is 0.407. The molecule has 0 saturated heterocycles. The third-order valence-corrected chi connectivity index (χ3v) is 3.87. The molecule has 1 amide bonds. The summed E-state index contributed by atoms with van der Waals surface area (Å²) < 4.78 is 4.66. The van der Waals surface area contributed by atoms with Crippen LogP contribution in [0.1, 0.15) is 21.3 Å². The average Bonchev–Trinajstić information content (AvgIpc) is 3.06. The third-order valence-electron chi connectivity index (χ3n) is 2.93. The molecular formula is C15H15NO4S. The van der Waals surface area contributed by atoms with E-state index in [1.165, 1.54) is 18.4 Å². The van der Waals surface area contributed by atoms with Gasteiger partial charge in [0.05, 0.1) is 7.11 Å². The van der Waals surface area contributed by atoms with Gasteiger partial charge in [0.15, 0.2) is 6.04 Å². The van der Waals surface area contributed by atoms with E-state index >= 15 is 0 Å². The van der Waals surface area contributed by atoms with Gasteiger partial charge in [-0.05, 0) is 23.6 Å². The molecule has 0 spiro atoms. The summed E-state index contributed by atoms with van der Waals surface area (Å²) in [6, 6.07) is 10.8. The maximum atomic E-state index is 12.1. The summed E-state index contributed by atoms with van der Waals surface area (Å²) in [7, 11) is 1.21. The minimum Gasteiger partial charge on any atom is -0.467 e. The number of rotatable bonds is 5. The Morgan fingerprint density at radius 3 is 2.48 bits per heavy atom. The van der Waals surface area contributed by atoms with Gasteiger partial charge in [-0.25, -0.2) is 4.79 Å². The first-order valence-electron chi connectivity index (χ1n) is 6.28. The lowest BCUT2D eigenvalue weighted by Gasteiger charge is -2.21. The van der Waals surface area contributed by atoms with Crippen LogP contribution in [0.2, 0.25) is 0 Å². The normalized spacial score (nSPS) is 13.2.